The number of rotatable bonds is 5. The van der Waals surface area contributed by atoms with Gasteiger partial charge in [0.25, 0.3) is 5.91 Å². The molecule has 1 aliphatic rings. The lowest BCUT2D eigenvalue weighted by Gasteiger charge is -2.31. The zero-order chi connectivity index (χ0) is 21.2. The van der Waals surface area contributed by atoms with E-state index in [0.29, 0.717) is 26.2 Å². The van der Waals surface area contributed by atoms with Crippen LogP contribution in [0.5, 0.6) is 0 Å². The van der Waals surface area contributed by atoms with Crippen LogP contribution in [0.3, 0.4) is 0 Å². The van der Waals surface area contributed by atoms with Crippen molar-refractivity contribution in [3.05, 3.63) is 64.2 Å². The maximum Gasteiger partial charge on any atom is 0.253 e. The fourth-order valence-corrected chi connectivity index (χ4v) is 4.88. The summed E-state index contributed by atoms with van der Waals surface area (Å²) < 4.78 is 27.4. The molecule has 0 radical (unpaired) electrons. The highest BCUT2D eigenvalue weighted by atomic mass is 35.5. The monoisotopic (exact) mass is 435 g/mol. The summed E-state index contributed by atoms with van der Waals surface area (Å²) in [6.45, 7) is 6.07. The maximum atomic E-state index is 13.0. The van der Waals surface area contributed by atoms with E-state index in [4.69, 9.17) is 11.6 Å². The van der Waals surface area contributed by atoms with E-state index in [-0.39, 0.29) is 21.5 Å². The molecule has 2 aromatic carbocycles. The van der Waals surface area contributed by atoms with Gasteiger partial charge in [-0.25, -0.2) is 8.42 Å². The summed E-state index contributed by atoms with van der Waals surface area (Å²) in [5.74, 6) is -0.404. The number of hydrogen-bond donors (Lipinski definition) is 1. The third kappa shape index (κ3) is 4.98. The van der Waals surface area contributed by atoms with E-state index in [0.717, 1.165) is 11.1 Å². The molecule has 1 heterocycles. The van der Waals surface area contributed by atoms with Crippen molar-refractivity contribution in [1.29, 1.82) is 0 Å². The molecule has 0 bridgehead atoms. The van der Waals surface area contributed by atoms with Crippen molar-refractivity contribution in [1.82, 2.24) is 14.5 Å². The molecule has 1 fully saturated rings. The second-order valence-corrected chi connectivity index (χ2v) is 9.80. The number of hydrogen-bond acceptors (Lipinski definition) is 4. The minimum atomic E-state index is -3.68. The summed E-state index contributed by atoms with van der Waals surface area (Å²) >= 11 is 6.22. The molecule has 0 saturated carbocycles. The number of benzene rings is 2. The molecule has 1 amide bonds. The summed E-state index contributed by atoms with van der Waals surface area (Å²) in [5, 5.41) is 3.12. The zero-order valence-corrected chi connectivity index (χ0v) is 18.4. The highest BCUT2D eigenvalue weighted by Gasteiger charge is 2.28. The largest absolute Gasteiger partial charge is 0.345 e. The Morgan fingerprint density at radius 2 is 1.69 bits per heavy atom. The van der Waals surface area contributed by atoms with Gasteiger partial charge < -0.3 is 10.2 Å². The van der Waals surface area contributed by atoms with E-state index in [1.165, 1.54) is 22.5 Å². The van der Waals surface area contributed by atoms with Crippen LogP contribution in [0.15, 0.2) is 47.4 Å². The van der Waals surface area contributed by atoms with Gasteiger partial charge in [0.05, 0.1) is 21.5 Å². The number of piperazine rings is 1. The maximum absolute atomic E-state index is 13.0. The predicted octanol–water partition coefficient (Wildman–Crippen LogP) is 3.08. The molecular weight excluding hydrogens is 410 g/mol. The summed E-state index contributed by atoms with van der Waals surface area (Å²) in [7, 11) is -1.71. The molecule has 0 aliphatic carbocycles. The fourth-order valence-electron chi connectivity index (χ4n) is 3.23. The standard InChI is InChI=1S/C21H26ClN3O3S/c1-15-4-6-17(7-5-15)16(2)23-21(26)19-14-18(8-9-20(19)22)29(27,28)25-12-10-24(3)11-13-25/h4-9,14,16H,10-13H2,1-3H3,(H,23,26)/t16-/m1/s1. The Morgan fingerprint density at radius 1 is 1.07 bits per heavy atom. The SMILES string of the molecule is Cc1ccc([C@@H](C)NC(=O)c2cc(S(=O)(=O)N3CCN(C)CC3)ccc2Cl)cc1. The van der Waals surface area contributed by atoms with Gasteiger partial charge in [-0.15, -0.1) is 0 Å². The van der Waals surface area contributed by atoms with Crippen LogP contribution in [0.4, 0.5) is 0 Å². The van der Waals surface area contributed by atoms with Gasteiger partial charge >= 0.3 is 0 Å². The van der Waals surface area contributed by atoms with Crippen molar-refractivity contribution in [2.24, 2.45) is 0 Å². The Balaban J connectivity index is 1.81. The Morgan fingerprint density at radius 3 is 2.31 bits per heavy atom. The van der Waals surface area contributed by atoms with Crippen LogP contribution in [0.2, 0.25) is 5.02 Å². The van der Waals surface area contributed by atoms with Gasteiger partial charge in [0.2, 0.25) is 10.0 Å². The van der Waals surface area contributed by atoms with Crippen molar-refractivity contribution in [3.8, 4) is 0 Å². The van der Waals surface area contributed by atoms with Crippen LogP contribution in [0, 0.1) is 6.92 Å². The van der Waals surface area contributed by atoms with Crippen molar-refractivity contribution in [2.45, 2.75) is 24.8 Å². The minimum absolute atomic E-state index is 0.0830. The molecule has 3 rings (SSSR count). The molecular formula is C21H26ClN3O3S. The number of nitrogens with one attached hydrogen (secondary N) is 1. The van der Waals surface area contributed by atoms with Crippen molar-refractivity contribution >= 4 is 27.5 Å². The average Bonchev–Trinajstić information content (AvgIpc) is 2.68. The van der Waals surface area contributed by atoms with Gasteiger partial charge in [0.1, 0.15) is 0 Å². The van der Waals surface area contributed by atoms with Crippen molar-refractivity contribution in [2.75, 3.05) is 33.2 Å². The zero-order valence-electron chi connectivity index (χ0n) is 16.9. The third-order valence-corrected chi connectivity index (χ3v) is 7.43. The van der Waals surface area contributed by atoms with Crippen LogP contribution < -0.4 is 5.32 Å². The van der Waals surface area contributed by atoms with Gasteiger partial charge in [-0.05, 0) is 44.7 Å². The normalized spacial score (nSPS) is 17.1. The van der Waals surface area contributed by atoms with E-state index in [2.05, 4.69) is 10.2 Å². The number of carbonyl (C=O) groups excluding carboxylic acids is 1. The third-order valence-electron chi connectivity index (χ3n) is 5.21. The van der Waals surface area contributed by atoms with E-state index >= 15 is 0 Å². The predicted molar refractivity (Wildman–Crippen MR) is 115 cm³/mol. The summed E-state index contributed by atoms with van der Waals surface area (Å²) in [6.07, 6.45) is 0. The number of amides is 1. The number of likely N-dealkylation sites (N-methyl/N-ethyl adjacent to an activating group) is 1. The lowest BCUT2D eigenvalue weighted by atomic mass is 10.1. The molecule has 8 heteroatoms. The van der Waals surface area contributed by atoms with E-state index in [9.17, 15) is 13.2 Å². The molecule has 0 spiro atoms. The Labute approximate surface area is 177 Å². The van der Waals surface area contributed by atoms with Crippen LogP contribution in [-0.2, 0) is 10.0 Å². The second kappa shape index (κ2) is 8.83. The first-order valence-electron chi connectivity index (χ1n) is 9.54. The molecule has 1 saturated heterocycles. The van der Waals surface area contributed by atoms with Crippen LogP contribution in [0.25, 0.3) is 0 Å². The number of carbonyl (C=O) groups is 1. The average molecular weight is 436 g/mol. The number of halogens is 1. The van der Waals surface area contributed by atoms with E-state index in [1.54, 1.807) is 0 Å². The van der Waals surface area contributed by atoms with Gasteiger partial charge in [0.15, 0.2) is 0 Å². The fraction of sp³-hybridized carbons (Fsp3) is 0.381. The Kier molecular flexibility index (Phi) is 6.63. The minimum Gasteiger partial charge on any atom is -0.345 e. The van der Waals surface area contributed by atoms with Crippen LogP contribution in [0.1, 0.15) is 34.5 Å². The van der Waals surface area contributed by atoms with Crippen LogP contribution in [-0.4, -0.2) is 56.8 Å². The quantitative estimate of drug-likeness (QED) is 0.783. The topological polar surface area (TPSA) is 69.7 Å². The summed E-state index contributed by atoms with van der Waals surface area (Å²) in [6, 6.07) is 11.9. The first-order valence-corrected chi connectivity index (χ1v) is 11.4. The smallest absolute Gasteiger partial charge is 0.253 e. The molecule has 2 aromatic rings. The summed E-state index contributed by atoms with van der Waals surface area (Å²) in [5.41, 5.74) is 2.25. The number of aryl methyl sites for hydroxylation is 1. The molecule has 1 N–H and O–H groups in total. The lowest BCUT2D eigenvalue weighted by Crippen LogP contribution is -2.47. The summed E-state index contributed by atoms with van der Waals surface area (Å²) in [4.78, 5) is 15.0. The molecule has 1 atom stereocenters. The van der Waals surface area contributed by atoms with E-state index < -0.39 is 15.9 Å². The highest BCUT2D eigenvalue weighted by molar-refractivity contribution is 7.89. The van der Waals surface area contributed by atoms with Gasteiger partial charge in [-0.2, -0.15) is 4.31 Å². The van der Waals surface area contributed by atoms with Gasteiger partial charge in [-0.1, -0.05) is 41.4 Å². The van der Waals surface area contributed by atoms with E-state index in [1.807, 2.05) is 45.2 Å². The Bertz CT molecular complexity index is 985. The first kappa shape index (κ1) is 21.8. The van der Waals surface area contributed by atoms with Crippen LogP contribution >= 0.6 is 11.6 Å². The molecule has 156 valence electrons. The molecule has 6 nitrogen and oxygen atoms in total. The van der Waals surface area contributed by atoms with Gasteiger partial charge in [0, 0.05) is 26.2 Å². The lowest BCUT2D eigenvalue weighted by molar-refractivity contribution is 0.0940. The number of sulfonamides is 1. The number of nitrogens with zero attached hydrogens (tertiary/aromatic N) is 2. The first-order chi connectivity index (χ1) is 13.7. The molecule has 0 unspecified atom stereocenters. The van der Waals surface area contributed by atoms with Gasteiger partial charge in [-0.3, -0.25) is 4.79 Å². The second-order valence-electron chi connectivity index (χ2n) is 7.45. The van der Waals surface area contributed by atoms with Crippen molar-refractivity contribution in [3.63, 3.8) is 0 Å². The molecule has 1 aliphatic heterocycles. The Hall–Kier alpha value is -1.93. The molecule has 29 heavy (non-hydrogen) atoms. The molecule has 0 aromatic heterocycles. The van der Waals surface area contributed by atoms with Crippen molar-refractivity contribution < 1.29 is 13.2 Å². The highest BCUT2D eigenvalue weighted by Crippen LogP contribution is 2.24.